The van der Waals surface area contributed by atoms with Crippen LogP contribution in [0, 0.1) is 31.5 Å². The highest BCUT2D eigenvalue weighted by atomic mass is 32.2. The molecule has 2 aromatic rings. The average molecular weight is 590 g/mol. The summed E-state index contributed by atoms with van der Waals surface area (Å²) in [4.78, 5) is 15.0. The number of nitrogens with zero attached hydrogens (tertiary/aromatic N) is 2. The number of carbonyl (C=O) groups is 1. The van der Waals surface area contributed by atoms with E-state index in [1.807, 2.05) is 20.2 Å². The van der Waals surface area contributed by atoms with Gasteiger partial charge in [0.05, 0.1) is 18.1 Å². The summed E-state index contributed by atoms with van der Waals surface area (Å²) in [6.07, 6.45) is 4.28. The summed E-state index contributed by atoms with van der Waals surface area (Å²) in [5.41, 5.74) is 2.30. The second-order valence-corrected chi connectivity index (χ2v) is 13.6. The van der Waals surface area contributed by atoms with Gasteiger partial charge in [0.25, 0.3) is 0 Å². The highest BCUT2D eigenvalue weighted by Crippen LogP contribution is 2.39. The molecule has 4 rings (SSSR count). The summed E-state index contributed by atoms with van der Waals surface area (Å²) < 4.78 is 53.1. The molecule has 0 radical (unpaired) electrons. The van der Waals surface area contributed by atoms with Crippen molar-refractivity contribution in [1.29, 1.82) is 0 Å². The number of rotatable bonds is 11. The van der Waals surface area contributed by atoms with Crippen molar-refractivity contribution in [2.75, 3.05) is 47.4 Å². The predicted octanol–water partition coefficient (Wildman–Crippen LogP) is 4.46. The third-order valence-electron chi connectivity index (χ3n) is 8.50. The molecule has 2 aliphatic rings. The first-order valence-corrected chi connectivity index (χ1v) is 15.9. The Labute approximate surface area is 244 Å². The Balaban J connectivity index is 1.21. The summed E-state index contributed by atoms with van der Waals surface area (Å²) in [6.45, 7) is 4.64. The van der Waals surface area contributed by atoms with Gasteiger partial charge in [-0.2, -0.15) is 4.31 Å². The number of halogens is 1. The minimum Gasteiger partial charge on any atom is -0.497 e. The van der Waals surface area contributed by atoms with Gasteiger partial charge in [0.2, 0.25) is 15.9 Å². The number of amides is 1. The van der Waals surface area contributed by atoms with E-state index in [0.717, 1.165) is 31.2 Å². The van der Waals surface area contributed by atoms with Crippen LogP contribution in [0.25, 0.3) is 0 Å². The lowest BCUT2D eigenvalue weighted by molar-refractivity contribution is -0.127. The monoisotopic (exact) mass is 589 g/mol. The molecule has 1 amide bonds. The molecule has 1 aliphatic heterocycles. The van der Waals surface area contributed by atoms with Crippen molar-refractivity contribution in [3.63, 3.8) is 0 Å². The summed E-state index contributed by atoms with van der Waals surface area (Å²) in [7, 11) is 1.96. The van der Waals surface area contributed by atoms with Crippen LogP contribution in [0.1, 0.15) is 54.8 Å². The molecule has 1 saturated carbocycles. The number of methoxy groups -OCH3 is 1. The summed E-state index contributed by atoms with van der Waals surface area (Å²) in [6, 6.07) is 10.5. The number of hydrogen-bond donors (Lipinski definition) is 1. The molecule has 0 aromatic heterocycles. The molecule has 0 bridgehead atoms. The van der Waals surface area contributed by atoms with Crippen LogP contribution in [0.3, 0.4) is 0 Å². The van der Waals surface area contributed by atoms with E-state index in [1.54, 1.807) is 45.2 Å². The Hall–Kier alpha value is -2.53. The van der Waals surface area contributed by atoms with Gasteiger partial charge in [0.1, 0.15) is 18.2 Å². The number of hydrogen-bond acceptors (Lipinski definition) is 6. The van der Waals surface area contributed by atoms with Gasteiger partial charge in [0, 0.05) is 25.7 Å². The maximum Gasteiger partial charge on any atom is 0.246 e. The maximum atomic E-state index is 13.9. The first-order chi connectivity index (χ1) is 19.5. The largest absolute Gasteiger partial charge is 0.497 e. The standard InChI is InChI=1S/C31H44FN3O5S/c1-21-15-28(39-5)16-22(2)31(21)41(37,38)35-14-13-27(19-35)40-20-29(36)33-18-23-9-11-24(12-10-23)30(34(3)4)25-7-6-8-26(32)17-25/h6-8,15-17,23-24,27,30H,9-14,18-20H2,1-5H3,(H,33,36). The molecule has 2 aromatic carbocycles. The zero-order valence-corrected chi connectivity index (χ0v) is 25.7. The van der Waals surface area contributed by atoms with Crippen molar-refractivity contribution >= 4 is 15.9 Å². The zero-order chi connectivity index (χ0) is 29.7. The van der Waals surface area contributed by atoms with Gasteiger partial charge < -0.3 is 19.7 Å². The molecule has 1 saturated heterocycles. The first-order valence-electron chi connectivity index (χ1n) is 14.4. The van der Waals surface area contributed by atoms with Crippen molar-refractivity contribution in [1.82, 2.24) is 14.5 Å². The van der Waals surface area contributed by atoms with Gasteiger partial charge in [-0.1, -0.05) is 12.1 Å². The quantitative estimate of drug-likeness (QED) is 0.417. The highest BCUT2D eigenvalue weighted by molar-refractivity contribution is 7.89. The molecule has 1 aliphatic carbocycles. The van der Waals surface area contributed by atoms with Crippen molar-refractivity contribution < 1.29 is 27.1 Å². The van der Waals surface area contributed by atoms with Gasteiger partial charge in [-0.3, -0.25) is 4.79 Å². The third kappa shape index (κ3) is 7.66. The van der Waals surface area contributed by atoms with Crippen molar-refractivity contribution in [2.24, 2.45) is 11.8 Å². The number of ether oxygens (including phenoxy) is 2. The molecule has 10 heteroatoms. The zero-order valence-electron chi connectivity index (χ0n) is 24.9. The van der Waals surface area contributed by atoms with Gasteiger partial charge in [-0.25, -0.2) is 12.8 Å². The number of nitrogens with one attached hydrogen (secondary N) is 1. The molecular weight excluding hydrogens is 545 g/mol. The Morgan fingerprint density at radius 3 is 2.39 bits per heavy atom. The molecule has 8 nitrogen and oxygen atoms in total. The van der Waals surface area contributed by atoms with Crippen LogP contribution in [-0.4, -0.2) is 77.1 Å². The second-order valence-electron chi connectivity index (χ2n) is 11.7. The van der Waals surface area contributed by atoms with Crippen molar-refractivity contribution in [3.8, 4) is 5.75 Å². The SMILES string of the molecule is COc1cc(C)c(S(=O)(=O)N2CCC(OCC(=O)NCC3CCC(C(c4cccc(F)c4)N(C)C)CC3)C2)c(C)c1. The molecule has 226 valence electrons. The fourth-order valence-corrected chi connectivity index (χ4v) is 8.41. The Morgan fingerprint density at radius 1 is 1.10 bits per heavy atom. The second kappa shape index (κ2) is 13.6. The van der Waals surface area contributed by atoms with Crippen LogP contribution in [0.4, 0.5) is 4.39 Å². The van der Waals surface area contributed by atoms with Crippen LogP contribution in [0.15, 0.2) is 41.3 Å². The molecule has 0 spiro atoms. The normalized spacial score (nSPS) is 22.6. The van der Waals surface area contributed by atoms with Gasteiger partial charge in [-0.05, 0) is 113 Å². The van der Waals surface area contributed by atoms with Crippen LogP contribution >= 0.6 is 0 Å². The van der Waals surface area contributed by atoms with Crippen LogP contribution < -0.4 is 10.1 Å². The van der Waals surface area contributed by atoms with E-state index in [0.29, 0.717) is 53.1 Å². The molecule has 2 unspecified atom stereocenters. The summed E-state index contributed by atoms with van der Waals surface area (Å²) in [5, 5.41) is 3.01. The number of benzene rings is 2. The third-order valence-corrected chi connectivity index (χ3v) is 10.7. The fraction of sp³-hybridized carbons (Fsp3) is 0.581. The van der Waals surface area contributed by atoms with Crippen molar-refractivity contribution in [2.45, 2.75) is 63.0 Å². The van der Waals surface area contributed by atoms with E-state index in [9.17, 15) is 17.6 Å². The molecular formula is C31H44FN3O5S. The molecule has 2 fully saturated rings. The van der Waals surface area contributed by atoms with E-state index in [2.05, 4.69) is 10.2 Å². The fourth-order valence-electron chi connectivity index (χ4n) is 6.51. The number of aryl methyl sites for hydroxylation is 2. The van der Waals surface area contributed by atoms with Crippen LogP contribution in [-0.2, 0) is 19.6 Å². The molecule has 2 atom stereocenters. The van der Waals surface area contributed by atoms with E-state index in [1.165, 1.54) is 10.4 Å². The lowest BCUT2D eigenvalue weighted by Crippen LogP contribution is -2.37. The Bertz CT molecular complexity index is 1290. The maximum absolute atomic E-state index is 13.9. The van der Waals surface area contributed by atoms with Crippen LogP contribution in [0.2, 0.25) is 0 Å². The number of sulfonamides is 1. The first kappa shape index (κ1) is 31.4. The van der Waals surface area contributed by atoms with Gasteiger partial charge in [0.15, 0.2) is 0 Å². The summed E-state index contributed by atoms with van der Waals surface area (Å²) >= 11 is 0. The van der Waals surface area contributed by atoms with Gasteiger partial charge >= 0.3 is 0 Å². The Kier molecular flexibility index (Phi) is 10.4. The minimum atomic E-state index is -3.68. The highest BCUT2D eigenvalue weighted by Gasteiger charge is 2.35. The lowest BCUT2D eigenvalue weighted by atomic mass is 9.76. The van der Waals surface area contributed by atoms with E-state index < -0.39 is 10.0 Å². The van der Waals surface area contributed by atoms with Crippen LogP contribution in [0.5, 0.6) is 5.75 Å². The number of carbonyl (C=O) groups excluding carboxylic acids is 1. The molecule has 1 N–H and O–H groups in total. The minimum absolute atomic E-state index is 0.0865. The topological polar surface area (TPSA) is 88.2 Å². The average Bonchev–Trinajstić information content (AvgIpc) is 3.41. The Morgan fingerprint density at radius 2 is 1.78 bits per heavy atom. The lowest BCUT2D eigenvalue weighted by Gasteiger charge is -2.37. The smallest absolute Gasteiger partial charge is 0.246 e. The van der Waals surface area contributed by atoms with Crippen molar-refractivity contribution in [3.05, 3.63) is 58.9 Å². The molecule has 1 heterocycles. The predicted molar refractivity (Wildman–Crippen MR) is 157 cm³/mol. The van der Waals surface area contributed by atoms with E-state index in [4.69, 9.17) is 9.47 Å². The van der Waals surface area contributed by atoms with Gasteiger partial charge in [-0.15, -0.1) is 0 Å². The summed E-state index contributed by atoms with van der Waals surface area (Å²) in [5.74, 6) is 1.08. The van der Waals surface area contributed by atoms with E-state index >= 15 is 0 Å². The van der Waals surface area contributed by atoms with E-state index in [-0.39, 0.29) is 37.0 Å². The molecule has 41 heavy (non-hydrogen) atoms.